The molecular formula is C13H22N2O. The zero-order valence-electron chi connectivity index (χ0n) is 10.9. The molecule has 0 aliphatic heterocycles. The Balaban J connectivity index is 3.15. The van der Waals surface area contributed by atoms with Crippen LogP contribution in [-0.2, 0) is 6.42 Å². The standard InChI is InChI=1S/C13H22N2O/c1-6-10-7-8-12(16-5)11(9-10)13(14-2)15(3)4/h7-9,13-14H,6H2,1-5H3. The number of methoxy groups -OCH3 is 1. The van der Waals surface area contributed by atoms with E-state index in [0.29, 0.717) is 0 Å². The first-order chi connectivity index (χ1) is 7.63. The van der Waals surface area contributed by atoms with Gasteiger partial charge in [-0.1, -0.05) is 13.0 Å². The third-order valence-corrected chi connectivity index (χ3v) is 2.79. The van der Waals surface area contributed by atoms with Crippen molar-refractivity contribution in [2.45, 2.75) is 19.5 Å². The normalized spacial score (nSPS) is 12.9. The molecule has 0 aromatic heterocycles. The zero-order valence-corrected chi connectivity index (χ0v) is 10.9. The molecule has 1 atom stereocenters. The summed E-state index contributed by atoms with van der Waals surface area (Å²) in [7, 11) is 7.79. The summed E-state index contributed by atoms with van der Waals surface area (Å²) in [6, 6.07) is 6.37. The van der Waals surface area contributed by atoms with Gasteiger partial charge in [0, 0.05) is 5.56 Å². The van der Waals surface area contributed by atoms with Crippen LogP contribution in [0.4, 0.5) is 0 Å². The van der Waals surface area contributed by atoms with E-state index in [1.54, 1.807) is 7.11 Å². The Morgan fingerprint density at radius 1 is 1.38 bits per heavy atom. The lowest BCUT2D eigenvalue weighted by atomic mass is 10.0. The molecule has 0 saturated heterocycles. The van der Waals surface area contributed by atoms with Crippen LogP contribution in [0, 0.1) is 0 Å². The lowest BCUT2D eigenvalue weighted by Crippen LogP contribution is -2.31. The largest absolute Gasteiger partial charge is 0.496 e. The molecule has 1 aromatic carbocycles. The second-order valence-electron chi connectivity index (χ2n) is 4.08. The van der Waals surface area contributed by atoms with Gasteiger partial charge >= 0.3 is 0 Å². The highest BCUT2D eigenvalue weighted by Crippen LogP contribution is 2.27. The topological polar surface area (TPSA) is 24.5 Å². The van der Waals surface area contributed by atoms with E-state index >= 15 is 0 Å². The van der Waals surface area contributed by atoms with Crippen LogP contribution in [0.1, 0.15) is 24.2 Å². The van der Waals surface area contributed by atoms with Gasteiger partial charge in [-0.3, -0.25) is 4.90 Å². The second-order valence-corrected chi connectivity index (χ2v) is 4.08. The summed E-state index contributed by atoms with van der Waals surface area (Å²) in [5, 5.41) is 3.29. The summed E-state index contributed by atoms with van der Waals surface area (Å²) >= 11 is 0. The molecule has 0 amide bonds. The van der Waals surface area contributed by atoms with Crippen molar-refractivity contribution in [3.05, 3.63) is 29.3 Å². The molecular weight excluding hydrogens is 200 g/mol. The molecule has 16 heavy (non-hydrogen) atoms. The molecule has 0 heterocycles. The Morgan fingerprint density at radius 3 is 2.50 bits per heavy atom. The number of hydrogen-bond acceptors (Lipinski definition) is 3. The second kappa shape index (κ2) is 5.87. The molecule has 0 fully saturated rings. The minimum Gasteiger partial charge on any atom is -0.496 e. The van der Waals surface area contributed by atoms with Gasteiger partial charge < -0.3 is 10.1 Å². The van der Waals surface area contributed by atoms with Gasteiger partial charge in [-0.25, -0.2) is 0 Å². The molecule has 0 aliphatic carbocycles. The van der Waals surface area contributed by atoms with Gasteiger partial charge in [-0.15, -0.1) is 0 Å². The van der Waals surface area contributed by atoms with Gasteiger partial charge in [0.05, 0.1) is 13.3 Å². The van der Waals surface area contributed by atoms with E-state index in [0.717, 1.165) is 12.2 Å². The van der Waals surface area contributed by atoms with Crippen molar-refractivity contribution in [3.63, 3.8) is 0 Å². The molecule has 1 N–H and O–H groups in total. The molecule has 0 radical (unpaired) electrons. The predicted octanol–water partition coefficient (Wildman–Crippen LogP) is 2.04. The fourth-order valence-electron chi connectivity index (χ4n) is 1.91. The molecule has 1 aromatic rings. The van der Waals surface area contributed by atoms with Crippen molar-refractivity contribution in [2.24, 2.45) is 0 Å². The van der Waals surface area contributed by atoms with Crippen molar-refractivity contribution in [1.82, 2.24) is 10.2 Å². The molecule has 1 unspecified atom stereocenters. The van der Waals surface area contributed by atoms with Crippen LogP contribution in [-0.4, -0.2) is 33.2 Å². The van der Waals surface area contributed by atoms with Crippen LogP contribution in [0.3, 0.4) is 0 Å². The molecule has 0 spiro atoms. The number of hydrogen-bond donors (Lipinski definition) is 1. The van der Waals surface area contributed by atoms with E-state index in [2.05, 4.69) is 43.4 Å². The van der Waals surface area contributed by atoms with Gasteiger partial charge in [-0.2, -0.15) is 0 Å². The minimum absolute atomic E-state index is 0.182. The number of rotatable bonds is 5. The maximum absolute atomic E-state index is 5.41. The van der Waals surface area contributed by atoms with Gasteiger partial charge in [-0.05, 0) is 45.3 Å². The first-order valence-corrected chi connectivity index (χ1v) is 5.64. The Labute approximate surface area is 98.4 Å². The smallest absolute Gasteiger partial charge is 0.125 e. The number of ether oxygens (including phenoxy) is 1. The molecule has 0 bridgehead atoms. The third-order valence-electron chi connectivity index (χ3n) is 2.79. The summed E-state index contributed by atoms with van der Waals surface area (Å²) in [4.78, 5) is 2.14. The summed E-state index contributed by atoms with van der Waals surface area (Å²) < 4.78 is 5.41. The third kappa shape index (κ3) is 2.74. The monoisotopic (exact) mass is 222 g/mol. The highest BCUT2D eigenvalue weighted by atomic mass is 16.5. The first kappa shape index (κ1) is 13.0. The number of nitrogens with zero attached hydrogens (tertiary/aromatic N) is 1. The van der Waals surface area contributed by atoms with Crippen LogP contribution >= 0.6 is 0 Å². The van der Waals surface area contributed by atoms with E-state index < -0.39 is 0 Å². The van der Waals surface area contributed by atoms with Crippen molar-refractivity contribution >= 4 is 0 Å². The van der Waals surface area contributed by atoms with Crippen LogP contribution in [0.25, 0.3) is 0 Å². The fourth-order valence-corrected chi connectivity index (χ4v) is 1.91. The fraction of sp³-hybridized carbons (Fsp3) is 0.538. The highest BCUT2D eigenvalue weighted by molar-refractivity contribution is 5.39. The van der Waals surface area contributed by atoms with E-state index in [9.17, 15) is 0 Å². The number of benzene rings is 1. The van der Waals surface area contributed by atoms with Gasteiger partial charge in [0.15, 0.2) is 0 Å². The Bertz CT molecular complexity index is 337. The Kier molecular flexibility index (Phi) is 4.77. The molecule has 3 nitrogen and oxygen atoms in total. The lowest BCUT2D eigenvalue weighted by Gasteiger charge is -2.26. The average molecular weight is 222 g/mol. The van der Waals surface area contributed by atoms with Crippen molar-refractivity contribution in [3.8, 4) is 5.75 Å². The SMILES string of the molecule is CCc1ccc(OC)c(C(NC)N(C)C)c1. The molecule has 90 valence electrons. The quantitative estimate of drug-likeness (QED) is 0.772. The summed E-state index contributed by atoms with van der Waals surface area (Å²) in [6.07, 6.45) is 1.22. The zero-order chi connectivity index (χ0) is 12.1. The number of nitrogens with one attached hydrogen (secondary N) is 1. The van der Waals surface area contributed by atoms with Crippen molar-refractivity contribution in [1.29, 1.82) is 0 Å². The highest BCUT2D eigenvalue weighted by Gasteiger charge is 2.16. The van der Waals surface area contributed by atoms with E-state index in [1.165, 1.54) is 11.1 Å². The van der Waals surface area contributed by atoms with Crippen LogP contribution in [0.2, 0.25) is 0 Å². The van der Waals surface area contributed by atoms with E-state index in [-0.39, 0.29) is 6.17 Å². The van der Waals surface area contributed by atoms with Crippen molar-refractivity contribution in [2.75, 3.05) is 28.3 Å². The minimum atomic E-state index is 0.182. The summed E-state index contributed by atoms with van der Waals surface area (Å²) in [5.74, 6) is 0.935. The van der Waals surface area contributed by atoms with Crippen LogP contribution in [0.5, 0.6) is 5.75 Å². The maximum Gasteiger partial charge on any atom is 0.125 e. The molecule has 0 saturated carbocycles. The van der Waals surface area contributed by atoms with Gasteiger partial charge in [0.2, 0.25) is 0 Å². The maximum atomic E-state index is 5.41. The number of aryl methyl sites for hydroxylation is 1. The average Bonchev–Trinajstić information content (AvgIpc) is 2.29. The first-order valence-electron chi connectivity index (χ1n) is 5.64. The van der Waals surface area contributed by atoms with Gasteiger partial charge in [0.1, 0.15) is 5.75 Å². The van der Waals surface area contributed by atoms with Crippen LogP contribution < -0.4 is 10.1 Å². The predicted molar refractivity (Wildman–Crippen MR) is 67.9 cm³/mol. The van der Waals surface area contributed by atoms with Gasteiger partial charge in [0.25, 0.3) is 0 Å². The van der Waals surface area contributed by atoms with Crippen LogP contribution in [0.15, 0.2) is 18.2 Å². The Hall–Kier alpha value is -1.06. The Morgan fingerprint density at radius 2 is 2.06 bits per heavy atom. The lowest BCUT2D eigenvalue weighted by molar-refractivity contribution is 0.256. The van der Waals surface area contributed by atoms with E-state index in [4.69, 9.17) is 4.74 Å². The molecule has 1 rings (SSSR count). The summed E-state index contributed by atoms with van der Waals surface area (Å²) in [5.41, 5.74) is 2.52. The van der Waals surface area contributed by atoms with Crippen molar-refractivity contribution < 1.29 is 4.74 Å². The molecule has 0 aliphatic rings. The summed E-state index contributed by atoms with van der Waals surface area (Å²) in [6.45, 7) is 2.16. The molecule has 3 heteroatoms. The van der Waals surface area contributed by atoms with E-state index in [1.807, 2.05) is 13.1 Å².